The van der Waals surface area contributed by atoms with E-state index in [0.29, 0.717) is 5.41 Å². The van der Waals surface area contributed by atoms with Crippen LogP contribution in [0.25, 0.3) is 0 Å². The molecule has 1 N–H and O–H groups in total. The van der Waals surface area contributed by atoms with Crippen molar-refractivity contribution in [2.45, 2.75) is 85.2 Å². The van der Waals surface area contributed by atoms with E-state index in [1.165, 1.54) is 38.5 Å². The van der Waals surface area contributed by atoms with Crippen LogP contribution in [0.1, 0.15) is 79.1 Å². The molecule has 17 heavy (non-hydrogen) atoms. The van der Waals surface area contributed by atoms with E-state index < -0.39 is 0 Å². The van der Waals surface area contributed by atoms with E-state index in [4.69, 9.17) is 0 Å². The summed E-state index contributed by atoms with van der Waals surface area (Å²) in [4.78, 5) is 0. The van der Waals surface area contributed by atoms with E-state index in [1.807, 2.05) is 0 Å². The van der Waals surface area contributed by atoms with Crippen LogP contribution >= 0.6 is 0 Å². The molecular formula is C16H32O. The molecule has 0 aliphatic heterocycles. The van der Waals surface area contributed by atoms with Gasteiger partial charge in [-0.1, -0.05) is 53.4 Å². The van der Waals surface area contributed by atoms with Crippen LogP contribution in [0.5, 0.6) is 0 Å². The van der Waals surface area contributed by atoms with Gasteiger partial charge < -0.3 is 5.11 Å². The van der Waals surface area contributed by atoms with Gasteiger partial charge in [-0.05, 0) is 42.9 Å². The fraction of sp³-hybridized carbons (Fsp3) is 1.00. The molecule has 0 aromatic heterocycles. The van der Waals surface area contributed by atoms with Crippen molar-refractivity contribution in [1.82, 2.24) is 0 Å². The molecule has 3 unspecified atom stereocenters. The molecule has 1 rings (SSSR count). The Labute approximate surface area is 108 Å². The third kappa shape index (κ3) is 4.62. The van der Waals surface area contributed by atoms with Crippen LogP contribution in [-0.4, -0.2) is 11.2 Å². The fourth-order valence-electron chi connectivity index (χ4n) is 3.67. The van der Waals surface area contributed by atoms with Gasteiger partial charge in [-0.15, -0.1) is 0 Å². The number of hydrogen-bond donors (Lipinski definition) is 1. The van der Waals surface area contributed by atoms with Gasteiger partial charge in [-0.3, -0.25) is 0 Å². The Bertz CT molecular complexity index is 210. The summed E-state index contributed by atoms with van der Waals surface area (Å²) in [5.41, 5.74) is 0.488. The van der Waals surface area contributed by atoms with Crippen molar-refractivity contribution in [3.63, 3.8) is 0 Å². The normalized spacial score (nSPS) is 30.2. The van der Waals surface area contributed by atoms with Crippen molar-refractivity contribution in [2.24, 2.45) is 17.3 Å². The Kier molecular flexibility index (Phi) is 5.99. The molecule has 1 saturated carbocycles. The van der Waals surface area contributed by atoms with Crippen molar-refractivity contribution >= 4 is 0 Å². The van der Waals surface area contributed by atoms with Gasteiger partial charge in [0.15, 0.2) is 0 Å². The average molecular weight is 240 g/mol. The van der Waals surface area contributed by atoms with E-state index in [2.05, 4.69) is 27.7 Å². The van der Waals surface area contributed by atoms with Gasteiger partial charge in [0, 0.05) is 0 Å². The van der Waals surface area contributed by atoms with Crippen LogP contribution in [0.15, 0.2) is 0 Å². The maximum Gasteiger partial charge on any atom is 0.0540 e. The monoisotopic (exact) mass is 240 g/mol. The number of rotatable bonds is 6. The van der Waals surface area contributed by atoms with Gasteiger partial charge in [0.1, 0.15) is 0 Å². The Morgan fingerprint density at radius 3 is 2.59 bits per heavy atom. The Morgan fingerprint density at radius 2 is 2.00 bits per heavy atom. The summed E-state index contributed by atoms with van der Waals surface area (Å²) in [6.07, 6.45) is 9.69. The predicted molar refractivity (Wildman–Crippen MR) is 75.1 cm³/mol. The molecule has 0 heterocycles. The summed E-state index contributed by atoms with van der Waals surface area (Å²) in [6, 6.07) is 0. The minimum atomic E-state index is -0.0557. The van der Waals surface area contributed by atoms with E-state index in [1.54, 1.807) is 0 Å². The van der Waals surface area contributed by atoms with Gasteiger partial charge in [0.05, 0.1) is 6.10 Å². The second-order valence-electron chi connectivity index (χ2n) is 6.84. The first-order chi connectivity index (χ1) is 7.97. The molecular weight excluding hydrogens is 208 g/mol. The maximum atomic E-state index is 9.97. The molecule has 0 aromatic carbocycles. The third-order valence-electron chi connectivity index (χ3n) is 4.87. The lowest BCUT2D eigenvalue weighted by atomic mass is 9.62. The zero-order valence-electron chi connectivity index (χ0n) is 12.3. The third-order valence-corrected chi connectivity index (χ3v) is 4.87. The molecule has 1 aliphatic rings. The van der Waals surface area contributed by atoms with E-state index in [9.17, 15) is 5.11 Å². The number of aliphatic hydroxyl groups excluding tert-OH is 1. The van der Waals surface area contributed by atoms with Gasteiger partial charge >= 0.3 is 0 Å². The van der Waals surface area contributed by atoms with Crippen LogP contribution in [0.3, 0.4) is 0 Å². The predicted octanol–water partition coefficient (Wildman–Crippen LogP) is 4.78. The summed E-state index contributed by atoms with van der Waals surface area (Å²) in [7, 11) is 0. The Hall–Kier alpha value is -0.0400. The van der Waals surface area contributed by atoms with Crippen LogP contribution in [-0.2, 0) is 0 Å². The number of hydrogen-bond acceptors (Lipinski definition) is 1. The summed E-state index contributed by atoms with van der Waals surface area (Å²) in [6.45, 7) is 9.44. The topological polar surface area (TPSA) is 20.2 Å². The lowest BCUT2D eigenvalue weighted by molar-refractivity contribution is 0.0557. The van der Waals surface area contributed by atoms with Gasteiger partial charge in [-0.2, -0.15) is 0 Å². The zero-order chi connectivity index (χ0) is 12.9. The molecule has 0 bridgehead atoms. The zero-order valence-corrected chi connectivity index (χ0v) is 12.3. The number of unbranched alkanes of at least 4 members (excludes halogenated alkanes) is 1. The molecule has 102 valence electrons. The molecule has 1 heteroatoms. The first-order valence-electron chi connectivity index (χ1n) is 7.65. The molecule has 0 radical (unpaired) electrons. The van der Waals surface area contributed by atoms with Crippen molar-refractivity contribution < 1.29 is 5.11 Å². The largest absolute Gasteiger partial charge is 0.393 e. The summed E-state index contributed by atoms with van der Waals surface area (Å²) >= 11 is 0. The SMILES string of the molecule is CCCCC(O)CCC1C(C)CCCC1(C)C. The highest BCUT2D eigenvalue weighted by Crippen LogP contribution is 2.46. The van der Waals surface area contributed by atoms with Gasteiger partial charge in [0.25, 0.3) is 0 Å². The minimum absolute atomic E-state index is 0.0557. The van der Waals surface area contributed by atoms with Crippen LogP contribution in [0.4, 0.5) is 0 Å². The molecule has 1 aliphatic carbocycles. The highest BCUT2D eigenvalue weighted by atomic mass is 16.3. The molecule has 1 fully saturated rings. The van der Waals surface area contributed by atoms with Crippen molar-refractivity contribution in [3.8, 4) is 0 Å². The molecule has 3 atom stereocenters. The number of aliphatic hydroxyl groups is 1. The van der Waals surface area contributed by atoms with E-state index >= 15 is 0 Å². The van der Waals surface area contributed by atoms with Crippen LogP contribution < -0.4 is 0 Å². The standard InChI is InChI=1S/C16H32O/c1-5-6-9-14(17)10-11-15-13(2)8-7-12-16(15,3)4/h13-15,17H,5-12H2,1-4H3. The molecule has 0 saturated heterocycles. The minimum Gasteiger partial charge on any atom is -0.393 e. The lowest BCUT2D eigenvalue weighted by Gasteiger charge is -2.43. The highest BCUT2D eigenvalue weighted by molar-refractivity contribution is 4.86. The summed E-state index contributed by atoms with van der Waals surface area (Å²) in [5.74, 6) is 1.66. The average Bonchev–Trinajstić information content (AvgIpc) is 2.24. The first-order valence-corrected chi connectivity index (χ1v) is 7.65. The van der Waals surface area contributed by atoms with Gasteiger partial charge in [0.2, 0.25) is 0 Å². The van der Waals surface area contributed by atoms with E-state index in [-0.39, 0.29) is 6.10 Å². The Balaban J connectivity index is 2.37. The van der Waals surface area contributed by atoms with E-state index in [0.717, 1.165) is 24.7 Å². The molecule has 0 amide bonds. The summed E-state index contributed by atoms with van der Waals surface area (Å²) in [5, 5.41) is 9.97. The highest BCUT2D eigenvalue weighted by Gasteiger charge is 2.36. The molecule has 1 nitrogen and oxygen atoms in total. The first kappa shape index (κ1) is 15.0. The van der Waals surface area contributed by atoms with Crippen LogP contribution in [0, 0.1) is 17.3 Å². The quantitative estimate of drug-likeness (QED) is 0.708. The second-order valence-corrected chi connectivity index (χ2v) is 6.84. The van der Waals surface area contributed by atoms with Crippen molar-refractivity contribution in [3.05, 3.63) is 0 Å². The van der Waals surface area contributed by atoms with Crippen molar-refractivity contribution in [1.29, 1.82) is 0 Å². The second kappa shape index (κ2) is 6.78. The van der Waals surface area contributed by atoms with Gasteiger partial charge in [-0.25, -0.2) is 0 Å². The molecule has 0 aromatic rings. The summed E-state index contributed by atoms with van der Waals surface area (Å²) < 4.78 is 0. The van der Waals surface area contributed by atoms with Crippen molar-refractivity contribution in [2.75, 3.05) is 0 Å². The Morgan fingerprint density at radius 1 is 1.29 bits per heavy atom. The molecule has 0 spiro atoms. The lowest BCUT2D eigenvalue weighted by Crippen LogP contribution is -2.34. The fourth-order valence-corrected chi connectivity index (χ4v) is 3.67. The smallest absolute Gasteiger partial charge is 0.0540 e. The maximum absolute atomic E-state index is 9.97. The van der Waals surface area contributed by atoms with Crippen LogP contribution in [0.2, 0.25) is 0 Å².